The molecule has 2 aromatic heterocycles. The molecular weight excluding hydrogens is 342 g/mol. The maximum atomic E-state index is 5.84. The first-order valence-electron chi connectivity index (χ1n) is 7.82. The van der Waals surface area contributed by atoms with Crippen molar-refractivity contribution in [2.75, 3.05) is 0 Å². The smallest absolute Gasteiger partial charge is 0.264 e. The lowest BCUT2D eigenvalue weighted by molar-refractivity contribution is 0.243. The van der Waals surface area contributed by atoms with Crippen LogP contribution in [0.5, 0.6) is 5.75 Å². The summed E-state index contributed by atoms with van der Waals surface area (Å²) in [6.07, 6.45) is 0.748. The maximum absolute atomic E-state index is 5.84. The Balaban J connectivity index is 1.51. The molecule has 0 saturated carbocycles. The third kappa shape index (κ3) is 3.34. The number of fused-ring (bicyclic) bond motifs is 1. The third-order valence-electron chi connectivity index (χ3n) is 3.64. The minimum Gasteiger partial charge on any atom is -0.484 e. The van der Waals surface area contributed by atoms with Crippen LogP contribution in [0, 0.1) is 0 Å². The number of nitrogens with zero attached hydrogens (tertiary/aromatic N) is 3. The van der Waals surface area contributed by atoms with Crippen molar-refractivity contribution in [2.24, 2.45) is 0 Å². The number of aromatic nitrogens is 3. The van der Waals surface area contributed by atoms with Crippen LogP contribution in [0.25, 0.3) is 22.5 Å². The van der Waals surface area contributed by atoms with Crippen molar-refractivity contribution in [1.29, 1.82) is 0 Å². The lowest BCUT2D eigenvalue weighted by Crippen LogP contribution is -1.95. The topological polar surface area (TPSA) is 74.2 Å². The molecule has 0 spiro atoms. The minimum absolute atomic E-state index is 0.181. The zero-order valence-corrected chi connectivity index (χ0v) is 14.2. The van der Waals surface area contributed by atoms with E-state index in [9.17, 15) is 0 Å². The van der Waals surface area contributed by atoms with Crippen LogP contribution in [0.4, 0.5) is 0 Å². The van der Waals surface area contributed by atoms with Crippen molar-refractivity contribution in [3.63, 3.8) is 0 Å². The molecule has 2 aromatic carbocycles. The molecule has 25 heavy (non-hydrogen) atoms. The van der Waals surface area contributed by atoms with Crippen molar-refractivity contribution in [1.82, 2.24) is 15.1 Å². The van der Waals surface area contributed by atoms with Crippen LogP contribution >= 0.6 is 11.6 Å². The second-order valence-corrected chi connectivity index (χ2v) is 5.83. The Bertz CT molecular complexity index is 1010. The summed E-state index contributed by atoms with van der Waals surface area (Å²) in [6, 6.07) is 12.7. The van der Waals surface area contributed by atoms with Crippen molar-refractivity contribution in [3.8, 4) is 17.1 Å². The molecule has 6 nitrogen and oxygen atoms in total. The molecule has 2 heterocycles. The highest BCUT2D eigenvalue weighted by Gasteiger charge is 2.12. The number of rotatable bonds is 5. The molecule has 0 fully saturated rings. The molecule has 0 N–H and O–H groups in total. The van der Waals surface area contributed by atoms with E-state index < -0.39 is 0 Å². The summed E-state index contributed by atoms with van der Waals surface area (Å²) in [6.45, 7) is 2.18. The molecule has 0 amide bonds. The fraction of sp³-hybridized carbons (Fsp3) is 0.167. The van der Waals surface area contributed by atoms with Crippen molar-refractivity contribution >= 4 is 22.7 Å². The molecule has 0 aliphatic carbocycles. The Morgan fingerprint density at radius 2 is 1.88 bits per heavy atom. The van der Waals surface area contributed by atoms with E-state index in [-0.39, 0.29) is 6.61 Å². The van der Waals surface area contributed by atoms with Gasteiger partial charge in [-0.3, -0.25) is 0 Å². The number of hydrogen-bond acceptors (Lipinski definition) is 6. The number of aryl methyl sites for hydroxylation is 1. The van der Waals surface area contributed by atoms with Crippen molar-refractivity contribution in [3.05, 3.63) is 59.3 Å². The Morgan fingerprint density at radius 3 is 2.68 bits per heavy atom. The summed E-state index contributed by atoms with van der Waals surface area (Å²) >= 11 is 5.84. The van der Waals surface area contributed by atoms with E-state index in [0.717, 1.165) is 23.1 Å². The highest BCUT2D eigenvalue weighted by atomic mass is 35.5. The fourth-order valence-electron chi connectivity index (χ4n) is 2.37. The number of oxazole rings is 1. The summed E-state index contributed by atoms with van der Waals surface area (Å²) < 4.78 is 16.5. The molecule has 126 valence electrons. The van der Waals surface area contributed by atoms with Crippen molar-refractivity contribution < 1.29 is 13.7 Å². The maximum Gasteiger partial charge on any atom is 0.264 e. The molecule has 0 unspecified atom stereocenters. The van der Waals surface area contributed by atoms with Gasteiger partial charge in [-0.05, 0) is 42.5 Å². The average Bonchev–Trinajstić information content (AvgIpc) is 3.27. The van der Waals surface area contributed by atoms with E-state index in [0.29, 0.717) is 28.4 Å². The zero-order valence-electron chi connectivity index (χ0n) is 13.4. The van der Waals surface area contributed by atoms with Gasteiger partial charge < -0.3 is 13.7 Å². The van der Waals surface area contributed by atoms with Gasteiger partial charge in [0.15, 0.2) is 18.1 Å². The average molecular weight is 356 g/mol. The first kappa shape index (κ1) is 15.7. The summed E-state index contributed by atoms with van der Waals surface area (Å²) in [5.74, 6) is 2.26. The molecule has 0 aliphatic heterocycles. The monoisotopic (exact) mass is 355 g/mol. The van der Waals surface area contributed by atoms with Gasteiger partial charge in [-0.25, -0.2) is 4.98 Å². The van der Waals surface area contributed by atoms with Crippen LogP contribution in [0.15, 0.2) is 51.4 Å². The molecular formula is C18H14ClN3O3. The fourth-order valence-corrected chi connectivity index (χ4v) is 2.50. The number of benzene rings is 2. The second kappa shape index (κ2) is 6.57. The molecule has 0 radical (unpaired) electrons. The van der Waals surface area contributed by atoms with Crippen LogP contribution in [-0.4, -0.2) is 15.1 Å². The zero-order chi connectivity index (χ0) is 17.2. The summed E-state index contributed by atoms with van der Waals surface area (Å²) in [4.78, 5) is 8.78. The SMILES string of the molecule is CCc1nc2cc(-c3noc(COc4ccc(Cl)cc4)n3)ccc2o1. The Hall–Kier alpha value is -2.86. The summed E-state index contributed by atoms with van der Waals surface area (Å²) in [5, 5.41) is 4.66. The van der Waals surface area contributed by atoms with Gasteiger partial charge in [0, 0.05) is 17.0 Å². The lowest BCUT2D eigenvalue weighted by Gasteiger charge is -2.02. The molecule has 0 bridgehead atoms. The van der Waals surface area contributed by atoms with E-state index >= 15 is 0 Å². The minimum atomic E-state index is 0.181. The molecule has 0 aliphatic rings. The van der Waals surface area contributed by atoms with Gasteiger partial charge in [-0.1, -0.05) is 23.7 Å². The molecule has 0 atom stereocenters. The van der Waals surface area contributed by atoms with Crippen molar-refractivity contribution in [2.45, 2.75) is 20.0 Å². The molecule has 4 rings (SSSR count). The highest BCUT2D eigenvalue weighted by Crippen LogP contribution is 2.23. The number of hydrogen-bond donors (Lipinski definition) is 0. The van der Waals surface area contributed by atoms with Gasteiger partial charge in [-0.2, -0.15) is 4.98 Å². The Labute approximate surface area is 148 Å². The summed E-state index contributed by atoms with van der Waals surface area (Å²) in [7, 11) is 0. The van der Waals surface area contributed by atoms with E-state index in [1.807, 2.05) is 25.1 Å². The lowest BCUT2D eigenvalue weighted by atomic mass is 10.2. The first-order valence-corrected chi connectivity index (χ1v) is 8.20. The van der Waals surface area contributed by atoms with E-state index in [1.165, 1.54) is 0 Å². The largest absolute Gasteiger partial charge is 0.484 e. The third-order valence-corrected chi connectivity index (χ3v) is 3.89. The Morgan fingerprint density at radius 1 is 1.04 bits per heavy atom. The van der Waals surface area contributed by atoms with Crippen LogP contribution in [0.3, 0.4) is 0 Å². The van der Waals surface area contributed by atoms with Gasteiger partial charge in [0.05, 0.1) is 0 Å². The molecule has 4 aromatic rings. The van der Waals surface area contributed by atoms with Crippen LogP contribution in [0.2, 0.25) is 5.02 Å². The number of ether oxygens (including phenoxy) is 1. The predicted molar refractivity (Wildman–Crippen MR) is 92.5 cm³/mol. The van der Waals surface area contributed by atoms with Gasteiger partial charge in [-0.15, -0.1) is 0 Å². The van der Waals surface area contributed by atoms with Gasteiger partial charge in [0.25, 0.3) is 5.89 Å². The Kier molecular flexibility index (Phi) is 4.11. The number of halogens is 1. The van der Waals surface area contributed by atoms with E-state index in [4.69, 9.17) is 25.3 Å². The predicted octanol–water partition coefficient (Wildman–Crippen LogP) is 4.67. The quantitative estimate of drug-likeness (QED) is 0.517. The van der Waals surface area contributed by atoms with E-state index in [2.05, 4.69) is 15.1 Å². The van der Waals surface area contributed by atoms with Gasteiger partial charge in [0.2, 0.25) is 5.82 Å². The normalized spacial score (nSPS) is 11.1. The van der Waals surface area contributed by atoms with Gasteiger partial charge in [0.1, 0.15) is 11.3 Å². The second-order valence-electron chi connectivity index (χ2n) is 5.40. The van der Waals surface area contributed by atoms with Crippen LogP contribution in [-0.2, 0) is 13.0 Å². The standard InChI is InChI=1S/C18H14ClN3O3/c1-2-16-20-14-9-11(3-8-15(14)24-16)18-21-17(25-22-18)10-23-13-6-4-12(19)5-7-13/h3-9H,2,10H2,1H3. The molecule has 0 saturated heterocycles. The van der Waals surface area contributed by atoms with E-state index in [1.54, 1.807) is 24.3 Å². The summed E-state index contributed by atoms with van der Waals surface area (Å²) in [5.41, 5.74) is 2.33. The van der Waals surface area contributed by atoms with Crippen LogP contribution in [0.1, 0.15) is 18.7 Å². The molecule has 7 heteroatoms. The first-order chi connectivity index (χ1) is 12.2. The van der Waals surface area contributed by atoms with Crippen LogP contribution < -0.4 is 4.74 Å². The van der Waals surface area contributed by atoms with Gasteiger partial charge >= 0.3 is 0 Å². The highest BCUT2D eigenvalue weighted by molar-refractivity contribution is 6.30.